The Morgan fingerprint density at radius 3 is 2.64 bits per heavy atom. The van der Waals surface area contributed by atoms with Crippen LogP contribution in [-0.4, -0.2) is 43.2 Å². The third kappa shape index (κ3) is 5.71. The Morgan fingerprint density at radius 1 is 1.21 bits per heavy atom. The monoisotopic (exact) mass is 402 g/mol. The van der Waals surface area contributed by atoms with Crippen molar-refractivity contribution in [3.05, 3.63) is 64.2 Å². The molecule has 2 aromatic rings. The van der Waals surface area contributed by atoms with E-state index in [0.29, 0.717) is 17.3 Å². The number of carbonyl (C=O) groups is 1. The van der Waals surface area contributed by atoms with E-state index < -0.39 is 6.10 Å². The predicted molar refractivity (Wildman–Crippen MR) is 111 cm³/mol. The van der Waals surface area contributed by atoms with Crippen molar-refractivity contribution >= 4 is 17.5 Å². The molecule has 0 aromatic heterocycles. The molecule has 28 heavy (non-hydrogen) atoms. The number of ether oxygens (including phenoxy) is 2. The maximum absolute atomic E-state index is 12.5. The number of carbonyl (C=O) groups excluding carboxylic acids is 1. The highest BCUT2D eigenvalue weighted by molar-refractivity contribution is 6.30. The Labute approximate surface area is 171 Å². The van der Waals surface area contributed by atoms with Gasteiger partial charge in [0.1, 0.15) is 5.75 Å². The predicted octanol–water partition coefficient (Wildman–Crippen LogP) is 3.56. The molecule has 150 valence electrons. The third-order valence-corrected chi connectivity index (χ3v) is 5.11. The molecule has 1 aliphatic heterocycles. The minimum atomic E-state index is -0.591. The highest BCUT2D eigenvalue weighted by atomic mass is 35.5. The Hall–Kier alpha value is -2.08. The second-order valence-corrected chi connectivity index (χ2v) is 7.48. The number of hydrogen-bond acceptors (Lipinski definition) is 4. The molecule has 1 aliphatic rings. The van der Waals surface area contributed by atoms with Gasteiger partial charge in [0, 0.05) is 31.2 Å². The van der Waals surface area contributed by atoms with Crippen molar-refractivity contribution in [2.45, 2.75) is 33.0 Å². The van der Waals surface area contributed by atoms with E-state index in [1.165, 1.54) is 5.56 Å². The first-order chi connectivity index (χ1) is 13.5. The summed E-state index contributed by atoms with van der Waals surface area (Å²) in [6, 6.07) is 13.6. The molecule has 1 heterocycles. The molecule has 5 nitrogen and oxygen atoms in total. The number of nitrogens with one attached hydrogen (secondary N) is 1. The summed E-state index contributed by atoms with van der Waals surface area (Å²) in [6.07, 6.45) is -0.591. The summed E-state index contributed by atoms with van der Waals surface area (Å²) < 4.78 is 11.2. The maximum Gasteiger partial charge on any atom is 0.261 e. The number of rotatable bonds is 7. The third-order valence-electron chi connectivity index (χ3n) is 4.88. The van der Waals surface area contributed by atoms with Crippen molar-refractivity contribution in [3.8, 4) is 5.75 Å². The Bertz CT molecular complexity index is 806. The van der Waals surface area contributed by atoms with Crippen LogP contribution < -0.4 is 10.1 Å². The maximum atomic E-state index is 12.5. The van der Waals surface area contributed by atoms with Gasteiger partial charge in [0.15, 0.2) is 6.10 Å². The average molecular weight is 403 g/mol. The normalized spacial score (nSPS) is 15.8. The molecule has 1 saturated heterocycles. The van der Waals surface area contributed by atoms with Crippen LogP contribution in [0.4, 0.5) is 0 Å². The Morgan fingerprint density at radius 2 is 1.93 bits per heavy atom. The zero-order valence-corrected chi connectivity index (χ0v) is 17.2. The molecule has 1 unspecified atom stereocenters. The quantitative estimate of drug-likeness (QED) is 0.769. The van der Waals surface area contributed by atoms with Gasteiger partial charge in [-0.25, -0.2) is 0 Å². The Kier molecular flexibility index (Phi) is 7.31. The van der Waals surface area contributed by atoms with Crippen LogP contribution in [-0.2, 0) is 22.6 Å². The second kappa shape index (κ2) is 9.92. The number of hydrogen-bond donors (Lipinski definition) is 1. The molecule has 0 bridgehead atoms. The van der Waals surface area contributed by atoms with Crippen molar-refractivity contribution in [2.75, 3.05) is 26.3 Å². The lowest BCUT2D eigenvalue weighted by Gasteiger charge is -2.27. The van der Waals surface area contributed by atoms with E-state index >= 15 is 0 Å². The zero-order chi connectivity index (χ0) is 19.9. The lowest BCUT2D eigenvalue weighted by atomic mass is 10.1. The lowest BCUT2D eigenvalue weighted by Crippen LogP contribution is -2.37. The van der Waals surface area contributed by atoms with Crippen LogP contribution in [0.5, 0.6) is 5.75 Å². The van der Waals surface area contributed by atoms with E-state index in [9.17, 15) is 4.79 Å². The summed E-state index contributed by atoms with van der Waals surface area (Å²) in [5, 5.41) is 3.65. The van der Waals surface area contributed by atoms with Gasteiger partial charge in [-0.3, -0.25) is 9.69 Å². The van der Waals surface area contributed by atoms with Gasteiger partial charge in [-0.2, -0.15) is 0 Å². The molecule has 1 fully saturated rings. The van der Waals surface area contributed by atoms with E-state index in [-0.39, 0.29) is 5.91 Å². The van der Waals surface area contributed by atoms with Crippen molar-refractivity contribution in [1.82, 2.24) is 10.2 Å². The molecule has 0 radical (unpaired) electrons. The summed E-state index contributed by atoms with van der Waals surface area (Å²) in [6.45, 7) is 8.43. The van der Waals surface area contributed by atoms with Crippen molar-refractivity contribution in [2.24, 2.45) is 0 Å². The van der Waals surface area contributed by atoms with Crippen molar-refractivity contribution < 1.29 is 14.3 Å². The SMILES string of the molecule is Cc1cc(Cl)ccc1OC(C)C(=O)NCc1ccccc1CN1CCOCC1. The van der Waals surface area contributed by atoms with Gasteiger partial charge in [-0.15, -0.1) is 0 Å². The fourth-order valence-electron chi connectivity index (χ4n) is 3.20. The number of nitrogens with zero attached hydrogens (tertiary/aromatic N) is 1. The van der Waals surface area contributed by atoms with E-state index in [1.807, 2.05) is 25.1 Å². The summed E-state index contributed by atoms with van der Waals surface area (Å²) >= 11 is 5.97. The molecule has 6 heteroatoms. The average Bonchev–Trinajstić information content (AvgIpc) is 2.70. The molecule has 1 N–H and O–H groups in total. The van der Waals surface area contributed by atoms with Crippen LogP contribution in [0.3, 0.4) is 0 Å². The Balaban J connectivity index is 1.56. The van der Waals surface area contributed by atoms with Crippen LogP contribution in [0, 0.1) is 6.92 Å². The number of halogens is 1. The number of aryl methyl sites for hydroxylation is 1. The van der Waals surface area contributed by atoms with Crippen LogP contribution >= 0.6 is 11.6 Å². The first-order valence-corrected chi connectivity index (χ1v) is 9.98. The molecular weight excluding hydrogens is 376 g/mol. The summed E-state index contributed by atoms with van der Waals surface area (Å²) in [5.74, 6) is 0.523. The molecule has 2 aromatic carbocycles. The summed E-state index contributed by atoms with van der Waals surface area (Å²) in [5.41, 5.74) is 3.26. The molecule has 0 spiro atoms. The highest BCUT2D eigenvalue weighted by Gasteiger charge is 2.17. The topological polar surface area (TPSA) is 50.8 Å². The van der Waals surface area contributed by atoms with Gasteiger partial charge >= 0.3 is 0 Å². The standard InChI is InChI=1S/C22H27ClN2O3/c1-16-13-20(23)7-8-21(16)28-17(2)22(26)24-14-18-5-3-4-6-19(18)15-25-9-11-27-12-10-25/h3-8,13,17H,9-12,14-15H2,1-2H3,(H,24,26). The van der Waals surface area contributed by atoms with Crippen LogP contribution in [0.1, 0.15) is 23.6 Å². The zero-order valence-electron chi connectivity index (χ0n) is 16.4. The van der Waals surface area contributed by atoms with Crippen molar-refractivity contribution in [1.29, 1.82) is 0 Å². The first kappa shape index (κ1) is 20.6. The molecule has 0 saturated carbocycles. The van der Waals surface area contributed by atoms with E-state index in [1.54, 1.807) is 19.1 Å². The lowest BCUT2D eigenvalue weighted by molar-refractivity contribution is -0.127. The molecular formula is C22H27ClN2O3. The van der Waals surface area contributed by atoms with E-state index in [4.69, 9.17) is 21.1 Å². The first-order valence-electron chi connectivity index (χ1n) is 9.60. The fourth-order valence-corrected chi connectivity index (χ4v) is 3.43. The minimum absolute atomic E-state index is 0.143. The molecule has 1 amide bonds. The van der Waals surface area contributed by atoms with Crippen LogP contribution in [0.2, 0.25) is 5.02 Å². The van der Waals surface area contributed by atoms with Crippen molar-refractivity contribution in [3.63, 3.8) is 0 Å². The second-order valence-electron chi connectivity index (χ2n) is 7.04. The summed E-state index contributed by atoms with van der Waals surface area (Å²) in [4.78, 5) is 14.9. The highest BCUT2D eigenvalue weighted by Crippen LogP contribution is 2.23. The molecule has 3 rings (SSSR count). The van der Waals surface area contributed by atoms with Crippen LogP contribution in [0.15, 0.2) is 42.5 Å². The van der Waals surface area contributed by atoms with Crippen LogP contribution in [0.25, 0.3) is 0 Å². The van der Waals surface area contributed by atoms with Gasteiger partial charge in [0.25, 0.3) is 5.91 Å². The van der Waals surface area contributed by atoms with Gasteiger partial charge < -0.3 is 14.8 Å². The summed E-state index contributed by atoms with van der Waals surface area (Å²) in [7, 11) is 0. The van der Waals surface area contributed by atoms with Gasteiger partial charge in [0.2, 0.25) is 0 Å². The molecule has 0 aliphatic carbocycles. The van der Waals surface area contributed by atoms with Gasteiger partial charge in [0.05, 0.1) is 13.2 Å². The van der Waals surface area contributed by atoms with Gasteiger partial charge in [-0.1, -0.05) is 35.9 Å². The van der Waals surface area contributed by atoms with E-state index in [0.717, 1.165) is 44.0 Å². The van der Waals surface area contributed by atoms with E-state index in [2.05, 4.69) is 22.3 Å². The number of benzene rings is 2. The number of morpholine rings is 1. The smallest absolute Gasteiger partial charge is 0.261 e. The number of amides is 1. The fraction of sp³-hybridized carbons (Fsp3) is 0.409. The molecule has 1 atom stereocenters. The minimum Gasteiger partial charge on any atom is -0.481 e. The largest absolute Gasteiger partial charge is 0.481 e. The van der Waals surface area contributed by atoms with Gasteiger partial charge in [-0.05, 0) is 48.7 Å².